The van der Waals surface area contributed by atoms with Crippen molar-refractivity contribution >= 4 is 10.9 Å². The Hall–Kier alpha value is -3.58. The van der Waals surface area contributed by atoms with E-state index >= 15 is 0 Å². The van der Waals surface area contributed by atoms with Crippen molar-refractivity contribution in [1.82, 2.24) is 19.4 Å². The maximum absolute atomic E-state index is 13.0. The number of hydrogen-bond acceptors (Lipinski definition) is 4. The average molecular weight is 416 g/mol. The molecule has 0 fully saturated rings. The predicted octanol–water partition coefficient (Wildman–Crippen LogP) is 2.91. The lowest BCUT2D eigenvalue weighted by molar-refractivity contribution is 0.251. The average Bonchev–Trinajstić information content (AvgIpc) is 3.10. The molecule has 1 aliphatic heterocycles. The Morgan fingerprint density at radius 2 is 1.84 bits per heavy atom. The van der Waals surface area contributed by atoms with Gasteiger partial charge in [0.1, 0.15) is 5.56 Å². The smallest absolute Gasteiger partial charge is 0.335 e. The van der Waals surface area contributed by atoms with Crippen LogP contribution in [0.25, 0.3) is 16.6 Å². The van der Waals surface area contributed by atoms with E-state index in [4.69, 9.17) is 0 Å². The van der Waals surface area contributed by atoms with Gasteiger partial charge in [-0.2, -0.15) is 0 Å². The van der Waals surface area contributed by atoms with E-state index in [1.165, 1.54) is 4.57 Å². The number of nitrogens with one attached hydrogen (secondary N) is 2. The number of hydrogen-bond donors (Lipinski definition) is 3. The Morgan fingerprint density at radius 1 is 1.06 bits per heavy atom. The minimum atomic E-state index is -0.657. The van der Waals surface area contributed by atoms with Crippen LogP contribution in [0, 0.1) is 13.8 Å². The van der Waals surface area contributed by atoms with Gasteiger partial charge in [-0.1, -0.05) is 30.3 Å². The van der Waals surface area contributed by atoms with Crippen molar-refractivity contribution < 1.29 is 5.11 Å². The van der Waals surface area contributed by atoms with E-state index in [0.717, 1.165) is 46.3 Å². The summed E-state index contributed by atoms with van der Waals surface area (Å²) in [5.74, 6) is -0.328. The van der Waals surface area contributed by atoms with Crippen LogP contribution in [0.1, 0.15) is 34.0 Å². The lowest BCUT2D eigenvalue weighted by atomic mass is 9.93. The van der Waals surface area contributed by atoms with Gasteiger partial charge in [0.2, 0.25) is 5.88 Å². The first-order valence-electron chi connectivity index (χ1n) is 10.3. The molecule has 2 aromatic heterocycles. The van der Waals surface area contributed by atoms with E-state index < -0.39 is 17.3 Å². The third-order valence-corrected chi connectivity index (χ3v) is 6.28. The molecule has 3 N–H and O–H groups in total. The van der Waals surface area contributed by atoms with Crippen molar-refractivity contribution in [3.05, 3.63) is 91.3 Å². The molecule has 0 aliphatic carbocycles. The van der Waals surface area contributed by atoms with Gasteiger partial charge >= 0.3 is 5.69 Å². The highest BCUT2D eigenvalue weighted by Gasteiger charge is 2.34. The summed E-state index contributed by atoms with van der Waals surface area (Å²) in [6.45, 7) is 4.51. The zero-order valence-electron chi connectivity index (χ0n) is 17.7. The second-order valence-electron chi connectivity index (χ2n) is 8.32. The number of para-hydroxylation sites is 1. The number of H-pyrrole nitrogens is 2. The molecule has 1 atom stereocenters. The highest BCUT2D eigenvalue weighted by atomic mass is 16.3. The molecule has 4 aromatic rings. The first kappa shape index (κ1) is 19.4. The summed E-state index contributed by atoms with van der Waals surface area (Å²) in [5, 5.41) is 12.4. The van der Waals surface area contributed by atoms with Crippen molar-refractivity contribution in [2.75, 3.05) is 13.6 Å². The molecule has 2 aromatic carbocycles. The van der Waals surface area contributed by atoms with E-state index in [-0.39, 0.29) is 11.4 Å². The third kappa shape index (κ3) is 2.92. The van der Waals surface area contributed by atoms with Gasteiger partial charge in [0.05, 0.1) is 11.7 Å². The van der Waals surface area contributed by atoms with Crippen LogP contribution in [-0.2, 0) is 6.42 Å². The fourth-order valence-corrected chi connectivity index (χ4v) is 4.69. The Bertz CT molecular complexity index is 1440. The van der Waals surface area contributed by atoms with Gasteiger partial charge in [0.15, 0.2) is 0 Å². The highest BCUT2D eigenvalue weighted by Crippen LogP contribution is 2.39. The molecule has 3 heterocycles. The number of rotatable bonds is 2. The summed E-state index contributed by atoms with van der Waals surface area (Å²) in [7, 11) is 1.92. The van der Waals surface area contributed by atoms with Crippen LogP contribution in [-0.4, -0.2) is 38.1 Å². The summed E-state index contributed by atoms with van der Waals surface area (Å²) in [4.78, 5) is 33.7. The molecular weight excluding hydrogens is 392 g/mol. The van der Waals surface area contributed by atoms with Gasteiger partial charge < -0.3 is 10.1 Å². The standard InChI is InChI=1S/C24H24N4O3/c1-13-8-9-14(2)18(12-13)28-23(30)19(22(29)26-24(28)31)21-20-16(10-11-27(21)3)15-6-4-5-7-17(15)25-20/h4-9,12,21,25,30H,10-11H2,1-3H3,(H,26,29,31). The van der Waals surface area contributed by atoms with Crippen molar-refractivity contribution in [3.63, 3.8) is 0 Å². The van der Waals surface area contributed by atoms with Gasteiger partial charge in [-0.25, -0.2) is 9.36 Å². The van der Waals surface area contributed by atoms with E-state index in [9.17, 15) is 14.7 Å². The SMILES string of the molecule is Cc1ccc(C)c(-n2c(O)c(C3c4[nH]c5ccccc5c4CCN3C)c(=O)[nH]c2=O)c1. The molecule has 0 bridgehead atoms. The number of fused-ring (bicyclic) bond motifs is 3. The van der Waals surface area contributed by atoms with Gasteiger partial charge in [-0.3, -0.25) is 14.7 Å². The maximum Gasteiger partial charge on any atom is 0.335 e. The van der Waals surface area contributed by atoms with Crippen molar-refractivity contribution in [3.8, 4) is 11.6 Å². The molecule has 31 heavy (non-hydrogen) atoms. The first-order chi connectivity index (χ1) is 14.9. The molecule has 7 nitrogen and oxygen atoms in total. The molecule has 1 aliphatic rings. The number of benzene rings is 2. The molecule has 158 valence electrons. The predicted molar refractivity (Wildman–Crippen MR) is 120 cm³/mol. The normalized spacial score (nSPS) is 16.5. The largest absolute Gasteiger partial charge is 0.494 e. The third-order valence-electron chi connectivity index (χ3n) is 6.28. The Kier molecular flexibility index (Phi) is 4.37. The van der Waals surface area contributed by atoms with Gasteiger partial charge in [-0.05, 0) is 56.1 Å². The van der Waals surface area contributed by atoms with Crippen LogP contribution in [0.4, 0.5) is 0 Å². The van der Waals surface area contributed by atoms with Crippen LogP contribution < -0.4 is 11.2 Å². The lowest BCUT2D eigenvalue weighted by Crippen LogP contribution is -2.39. The number of aromatic amines is 2. The molecular formula is C24H24N4O3. The number of likely N-dealkylation sites (N-methyl/N-ethyl adjacent to an activating group) is 1. The van der Waals surface area contributed by atoms with E-state index in [1.54, 1.807) is 0 Å². The fourth-order valence-electron chi connectivity index (χ4n) is 4.69. The Balaban J connectivity index is 1.80. The molecule has 0 radical (unpaired) electrons. The number of aromatic nitrogens is 3. The molecule has 7 heteroatoms. The highest BCUT2D eigenvalue weighted by molar-refractivity contribution is 5.85. The zero-order valence-corrected chi connectivity index (χ0v) is 17.7. The van der Waals surface area contributed by atoms with E-state index in [1.807, 2.05) is 62.2 Å². The summed E-state index contributed by atoms with van der Waals surface area (Å²) in [6, 6.07) is 13.2. The number of aromatic hydroxyl groups is 1. The monoisotopic (exact) mass is 416 g/mol. The fraction of sp³-hybridized carbons (Fsp3) is 0.250. The summed E-state index contributed by atoms with van der Waals surface area (Å²) in [6.07, 6.45) is 0.835. The summed E-state index contributed by atoms with van der Waals surface area (Å²) >= 11 is 0. The van der Waals surface area contributed by atoms with Crippen LogP contribution in [0.2, 0.25) is 0 Å². The first-order valence-corrected chi connectivity index (χ1v) is 10.3. The van der Waals surface area contributed by atoms with Crippen molar-refractivity contribution in [2.24, 2.45) is 0 Å². The van der Waals surface area contributed by atoms with E-state index in [2.05, 4.69) is 16.0 Å². The topological polar surface area (TPSA) is 94.1 Å². The van der Waals surface area contributed by atoms with Crippen LogP contribution in [0.15, 0.2) is 52.1 Å². The van der Waals surface area contributed by atoms with Gasteiger partial charge in [-0.15, -0.1) is 0 Å². The van der Waals surface area contributed by atoms with Crippen LogP contribution >= 0.6 is 0 Å². The zero-order chi connectivity index (χ0) is 21.9. The Labute approximate surface area is 178 Å². The van der Waals surface area contributed by atoms with E-state index in [0.29, 0.717) is 5.69 Å². The molecule has 0 amide bonds. The number of nitrogens with zero attached hydrogens (tertiary/aromatic N) is 2. The lowest BCUT2D eigenvalue weighted by Gasteiger charge is -2.33. The second kappa shape index (κ2) is 6.99. The van der Waals surface area contributed by atoms with Gasteiger partial charge in [0.25, 0.3) is 5.56 Å². The minimum absolute atomic E-state index is 0.163. The van der Waals surface area contributed by atoms with Crippen LogP contribution in [0.5, 0.6) is 5.88 Å². The van der Waals surface area contributed by atoms with Crippen molar-refractivity contribution in [2.45, 2.75) is 26.3 Å². The number of aryl methyl sites for hydroxylation is 2. The van der Waals surface area contributed by atoms with Gasteiger partial charge in [0, 0.05) is 23.1 Å². The van der Waals surface area contributed by atoms with Crippen LogP contribution in [0.3, 0.4) is 0 Å². The molecule has 0 saturated carbocycles. The molecule has 1 unspecified atom stereocenters. The molecule has 0 spiro atoms. The second-order valence-corrected chi connectivity index (χ2v) is 8.32. The van der Waals surface area contributed by atoms with Crippen molar-refractivity contribution in [1.29, 1.82) is 0 Å². The summed E-state index contributed by atoms with van der Waals surface area (Å²) < 4.78 is 1.20. The maximum atomic E-state index is 13.0. The minimum Gasteiger partial charge on any atom is -0.494 e. The molecule has 0 saturated heterocycles. The Morgan fingerprint density at radius 3 is 2.65 bits per heavy atom. The quantitative estimate of drug-likeness (QED) is 0.468. The molecule has 5 rings (SSSR count). The summed E-state index contributed by atoms with van der Waals surface area (Å²) in [5.41, 5.74) is 4.26.